The summed E-state index contributed by atoms with van der Waals surface area (Å²) in [6.07, 6.45) is 1.61. The minimum atomic E-state index is -3.08. The van der Waals surface area contributed by atoms with Gasteiger partial charge in [-0.25, -0.2) is 13.1 Å². The number of rotatable bonds is 5. The first kappa shape index (κ1) is 18.2. The summed E-state index contributed by atoms with van der Waals surface area (Å²) >= 11 is 0. The van der Waals surface area contributed by atoms with Crippen molar-refractivity contribution in [1.82, 2.24) is 9.78 Å². The van der Waals surface area contributed by atoms with Crippen LogP contribution in [0.25, 0.3) is 0 Å². The normalized spacial score (nSPS) is 18.6. The van der Waals surface area contributed by atoms with E-state index in [2.05, 4.69) is 10.4 Å². The van der Waals surface area contributed by atoms with Gasteiger partial charge < -0.3 is 14.5 Å². The molecule has 26 heavy (non-hydrogen) atoms. The van der Waals surface area contributed by atoms with Gasteiger partial charge >= 0.3 is 0 Å². The largest absolute Gasteiger partial charge is 0.477 e. The number of carbonyl (C=O) groups is 1. The van der Waals surface area contributed by atoms with Crippen LogP contribution in [-0.4, -0.2) is 42.2 Å². The first-order valence-corrected chi connectivity index (χ1v) is 9.84. The fraction of sp³-hybridized carbons (Fsp3) is 0.438. The van der Waals surface area contributed by atoms with Crippen molar-refractivity contribution >= 4 is 21.6 Å². The van der Waals surface area contributed by atoms with Crippen molar-refractivity contribution in [2.75, 3.05) is 23.4 Å². The van der Waals surface area contributed by atoms with Crippen LogP contribution in [0.15, 0.2) is 27.6 Å². The van der Waals surface area contributed by atoms with Gasteiger partial charge in [0, 0.05) is 12.1 Å². The van der Waals surface area contributed by atoms with E-state index in [-0.39, 0.29) is 35.3 Å². The van der Waals surface area contributed by atoms with Crippen molar-refractivity contribution in [3.05, 3.63) is 40.1 Å². The van der Waals surface area contributed by atoms with Gasteiger partial charge in [-0.3, -0.25) is 9.59 Å². The summed E-state index contributed by atoms with van der Waals surface area (Å²) < 4.78 is 35.2. The fourth-order valence-electron chi connectivity index (χ4n) is 2.78. The SMILES string of the molecule is Cc1cc(NC(=O)COc2coc(C)cc2=O)n([C@@H]2CCS(=O)(=O)C2)n1. The lowest BCUT2D eigenvalue weighted by atomic mass is 10.3. The van der Waals surface area contributed by atoms with E-state index in [0.717, 1.165) is 6.26 Å². The van der Waals surface area contributed by atoms with Crippen LogP contribution in [0.3, 0.4) is 0 Å². The van der Waals surface area contributed by atoms with Gasteiger partial charge in [-0.1, -0.05) is 0 Å². The predicted molar refractivity (Wildman–Crippen MR) is 93.1 cm³/mol. The molecular formula is C16H19N3O6S. The zero-order valence-corrected chi connectivity index (χ0v) is 15.2. The van der Waals surface area contributed by atoms with Gasteiger partial charge in [-0.05, 0) is 20.3 Å². The number of anilines is 1. The van der Waals surface area contributed by atoms with Crippen LogP contribution in [0.2, 0.25) is 0 Å². The first-order chi connectivity index (χ1) is 12.2. The molecular weight excluding hydrogens is 362 g/mol. The van der Waals surface area contributed by atoms with E-state index >= 15 is 0 Å². The number of nitrogens with zero attached hydrogens (tertiary/aromatic N) is 2. The van der Waals surface area contributed by atoms with E-state index < -0.39 is 15.7 Å². The lowest BCUT2D eigenvalue weighted by Gasteiger charge is -2.14. The van der Waals surface area contributed by atoms with Crippen molar-refractivity contribution < 1.29 is 22.4 Å². The molecule has 1 N–H and O–H groups in total. The van der Waals surface area contributed by atoms with Gasteiger partial charge in [0.1, 0.15) is 17.8 Å². The monoisotopic (exact) mass is 381 g/mol. The van der Waals surface area contributed by atoms with Gasteiger partial charge in [0.25, 0.3) is 5.91 Å². The second-order valence-corrected chi connectivity index (χ2v) is 8.46. The summed E-state index contributed by atoms with van der Waals surface area (Å²) in [7, 11) is -3.08. The second kappa shape index (κ2) is 6.94. The molecule has 0 aliphatic carbocycles. The predicted octanol–water partition coefficient (Wildman–Crippen LogP) is 0.830. The van der Waals surface area contributed by atoms with Crippen LogP contribution < -0.4 is 15.5 Å². The van der Waals surface area contributed by atoms with Crippen molar-refractivity contribution in [3.63, 3.8) is 0 Å². The molecule has 3 heterocycles. The highest BCUT2D eigenvalue weighted by Gasteiger charge is 2.31. The molecule has 2 aromatic heterocycles. The standard InChI is InChI=1S/C16H19N3O6S/c1-10-5-15(19(18-10)12-3-4-26(22,23)9-12)17-16(21)8-25-14-7-24-11(2)6-13(14)20/h5-7,12H,3-4,8-9H2,1-2H3,(H,17,21)/t12-/m1/s1. The first-order valence-electron chi connectivity index (χ1n) is 8.02. The van der Waals surface area contributed by atoms with Crippen molar-refractivity contribution in [2.24, 2.45) is 0 Å². The van der Waals surface area contributed by atoms with E-state index in [1.165, 1.54) is 10.7 Å². The third-order valence-electron chi connectivity index (χ3n) is 3.97. The summed E-state index contributed by atoms with van der Waals surface area (Å²) in [6, 6.07) is 2.61. The van der Waals surface area contributed by atoms with Crippen molar-refractivity contribution in [3.8, 4) is 5.75 Å². The van der Waals surface area contributed by atoms with E-state index in [1.807, 2.05) is 0 Å². The van der Waals surface area contributed by atoms with Crippen LogP contribution in [0.4, 0.5) is 5.82 Å². The van der Waals surface area contributed by atoms with Crippen LogP contribution in [0, 0.1) is 13.8 Å². The molecule has 2 aromatic rings. The molecule has 1 saturated heterocycles. The molecule has 3 rings (SSSR count). The lowest BCUT2D eigenvalue weighted by Crippen LogP contribution is -2.24. The Labute approximate surface area is 149 Å². The minimum absolute atomic E-state index is 0.00208. The molecule has 9 nitrogen and oxygen atoms in total. The van der Waals surface area contributed by atoms with E-state index in [0.29, 0.717) is 23.7 Å². The molecule has 1 aliphatic rings. The number of aryl methyl sites for hydroxylation is 2. The molecule has 0 saturated carbocycles. The summed E-state index contributed by atoms with van der Waals surface area (Å²) in [5.74, 6) is 0.393. The van der Waals surface area contributed by atoms with Gasteiger partial charge in [0.05, 0.1) is 23.2 Å². The Bertz CT molecular complexity index is 992. The van der Waals surface area contributed by atoms with E-state index in [4.69, 9.17) is 9.15 Å². The third-order valence-corrected chi connectivity index (χ3v) is 5.72. The third kappa shape index (κ3) is 4.13. The highest BCUT2D eigenvalue weighted by atomic mass is 32.2. The summed E-state index contributed by atoms with van der Waals surface area (Å²) in [4.78, 5) is 23.9. The minimum Gasteiger partial charge on any atom is -0.477 e. The van der Waals surface area contributed by atoms with Gasteiger partial charge in [0.2, 0.25) is 11.2 Å². The molecule has 140 valence electrons. The molecule has 10 heteroatoms. The van der Waals surface area contributed by atoms with Crippen molar-refractivity contribution in [2.45, 2.75) is 26.3 Å². The maximum absolute atomic E-state index is 12.1. The Balaban J connectivity index is 1.67. The molecule has 0 bridgehead atoms. The van der Waals surface area contributed by atoms with Gasteiger partial charge in [-0.15, -0.1) is 0 Å². The highest BCUT2D eigenvalue weighted by molar-refractivity contribution is 7.91. The van der Waals surface area contributed by atoms with Crippen LogP contribution in [-0.2, 0) is 14.6 Å². The van der Waals surface area contributed by atoms with Gasteiger partial charge in [-0.2, -0.15) is 5.10 Å². The number of hydrogen-bond donors (Lipinski definition) is 1. The molecule has 1 amide bonds. The van der Waals surface area contributed by atoms with E-state index in [1.54, 1.807) is 19.9 Å². The number of nitrogens with one attached hydrogen (secondary N) is 1. The number of carbonyl (C=O) groups excluding carboxylic acids is 1. The molecule has 1 aliphatic heterocycles. The van der Waals surface area contributed by atoms with Crippen LogP contribution in [0.1, 0.15) is 23.9 Å². The topological polar surface area (TPSA) is 120 Å². The average molecular weight is 381 g/mol. The molecule has 1 atom stereocenters. The number of ether oxygens (including phenoxy) is 1. The number of aromatic nitrogens is 2. The number of amides is 1. The Morgan fingerprint density at radius 2 is 2.19 bits per heavy atom. The van der Waals surface area contributed by atoms with E-state index in [9.17, 15) is 18.0 Å². The summed E-state index contributed by atoms with van der Waals surface area (Å²) in [5.41, 5.74) is 0.281. The maximum atomic E-state index is 12.1. The molecule has 0 spiro atoms. The van der Waals surface area contributed by atoms with Gasteiger partial charge in [0.15, 0.2) is 16.4 Å². The lowest BCUT2D eigenvalue weighted by molar-refractivity contribution is -0.118. The quantitative estimate of drug-likeness (QED) is 0.814. The Hall–Kier alpha value is -2.62. The zero-order valence-electron chi connectivity index (χ0n) is 14.4. The molecule has 0 aromatic carbocycles. The highest BCUT2D eigenvalue weighted by Crippen LogP contribution is 2.27. The number of hydrogen-bond acceptors (Lipinski definition) is 7. The second-order valence-electron chi connectivity index (χ2n) is 6.23. The average Bonchev–Trinajstić information content (AvgIpc) is 3.08. The fourth-order valence-corrected chi connectivity index (χ4v) is 4.47. The Morgan fingerprint density at radius 3 is 2.85 bits per heavy atom. The molecule has 0 radical (unpaired) electrons. The molecule has 0 unspecified atom stereocenters. The summed E-state index contributed by atoms with van der Waals surface area (Å²) in [6.45, 7) is 3.00. The van der Waals surface area contributed by atoms with Crippen molar-refractivity contribution in [1.29, 1.82) is 0 Å². The summed E-state index contributed by atoms with van der Waals surface area (Å²) in [5, 5.41) is 6.93. The van der Waals surface area contributed by atoms with Crippen LogP contribution >= 0.6 is 0 Å². The maximum Gasteiger partial charge on any atom is 0.263 e. The number of sulfone groups is 1. The smallest absolute Gasteiger partial charge is 0.263 e. The Kier molecular flexibility index (Phi) is 4.86. The molecule has 1 fully saturated rings. The zero-order chi connectivity index (χ0) is 18.9. The van der Waals surface area contributed by atoms with Crippen LogP contribution in [0.5, 0.6) is 5.75 Å². The Morgan fingerprint density at radius 1 is 1.42 bits per heavy atom.